The first-order valence-corrected chi connectivity index (χ1v) is 10.4. The van der Waals surface area contributed by atoms with Crippen molar-refractivity contribution in [1.82, 2.24) is 4.57 Å². The van der Waals surface area contributed by atoms with Crippen molar-refractivity contribution in [3.05, 3.63) is 69.6 Å². The molecule has 2 aromatic rings. The average Bonchev–Trinajstić information content (AvgIpc) is 2.58. The van der Waals surface area contributed by atoms with E-state index in [1.165, 1.54) is 10.6 Å². The van der Waals surface area contributed by atoms with Crippen LogP contribution >= 0.6 is 0 Å². The monoisotopic (exact) mass is 400 g/mol. The number of hydrogen-bond donors (Lipinski definition) is 0. The van der Waals surface area contributed by atoms with Crippen LogP contribution in [0.25, 0.3) is 5.70 Å². The first kappa shape index (κ1) is 19.9. The summed E-state index contributed by atoms with van der Waals surface area (Å²) < 4.78 is 35.0. The van der Waals surface area contributed by atoms with E-state index in [1.807, 2.05) is 19.9 Å². The quantitative estimate of drug-likeness (QED) is 0.732. The second kappa shape index (κ2) is 6.93. The van der Waals surface area contributed by atoms with E-state index >= 15 is 0 Å². The third-order valence-corrected chi connectivity index (χ3v) is 4.87. The maximum Gasteiger partial charge on any atom is 0.264 e. The molecule has 0 spiro atoms. The Bertz CT molecular complexity index is 1170. The Morgan fingerprint density at radius 1 is 1.25 bits per heavy atom. The zero-order valence-electron chi connectivity index (χ0n) is 16.0. The van der Waals surface area contributed by atoms with E-state index in [4.69, 9.17) is 8.92 Å². The number of benzene rings is 1. The van der Waals surface area contributed by atoms with Gasteiger partial charge in [0.05, 0.1) is 29.7 Å². The fourth-order valence-electron chi connectivity index (χ4n) is 3.07. The molecule has 1 aliphatic rings. The topological polar surface area (TPSA) is 98.4 Å². The predicted molar refractivity (Wildman–Crippen MR) is 104 cm³/mol. The van der Waals surface area contributed by atoms with Gasteiger partial charge in [-0.25, -0.2) is 0 Å². The van der Waals surface area contributed by atoms with Crippen molar-refractivity contribution in [1.29, 1.82) is 5.26 Å². The van der Waals surface area contributed by atoms with Crippen LogP contribution in [0.15, 0.2) is 47.4 Å². The highest BCUT2D eigenvalue weighted by Crippen LogP contribution is 2.37. The van der Waals surface area contributed by atoms with E-state index in [9.17, 15) is 18.5 Å². The number of pyridine rings is 1. The molecule has 0 aliphatic carbocycles. The van der Waals surface area contributed by atoms with Crippen LogP contribution in [0.3, 0.4) is 0 Å². The van der Waals surface area contributed by atoms with Crippen molar-refractivity contribution in [3.8, 4) is 11.8 Å². The van der Waals surface area contributed by atoms with Crippen LogP contribution in [0.1, 0.15) is 43.6 Å². The molecule has 2 heterocycles. The maximum absolute atomic E-state index is 12.8. The molecule has 3 rings (SSSR count). The standard InChI is InChI=1S/C20H20N2O5S/c1-13(27-28(4,24)25)15-7-8-22(19(23)10-15)17-11-20(2,3)26-18-6-5-14(12-21)9-16(17)18/h5-11,13H,1-4H3. The molecular weight excluding hydrogens is 380 g/mol. The molecule has 0 bridgehead atoms. The molecule has 0 N–H and O–H groups in total. The minimum Gasteiger partial charge on any atom is -0.483 e. The van der Waals surface area contributed by atoms with Gasteiger partial charge < -0.3 is 4.74 Å². The molecule has 0 radical (unpaired) electrons. The number of nitriles is 1. The SMILES string of the molecule is CC(OS(C)(=O)=O)c1ccn(C2=CC(C)(C)Oc3ccc(C#N)cc32)c(=O)c1. The second-order valence-corrected chi connectivity index (χ2v) is 8.77. The highest BCUT2D eigenvalue weighted by atomic mass is 32.2. The first-order valence-electron chi connectivity index (χ1n) is 8.57. The van der Waals surface area contributed by atoms with E-state index in [1.54, 1.807) is 37.4 Å². The number of rotatable bonds is 4. The van der Waals surface area contributed by atoms with E-state index in [2.05, 4.69) is 6.07 Å². The molecule has 1 aromatic heterocycles. The van der Waals surface area contributed by atoms with Gasteiger partial charge in [-0.3, -0.25) is 13.5 Å². The van der Waals surface area contributed by atoms with E-state index < -0.39 is 21.8 Å². The van der Waals surface area contributed by atoms with Crippen molar-refractivity contribution in [2.75, 3.05) is 6.26 Å². The molecule has 0 saturated carbocycles. The van der Waals surface area contributed by atoms with Gasteiger partial charge in [-0.1, -0.05) is 0 Å². The zero-order chi connectivity index (χ0) is 20.7. The lowest BCUT2D eigenvalue weighted by Gasteiger charge is -2.31. The van der Waals surface area contributed by atoms with E-state index in [-0.39, 0.29) is 5.56 Å². The van der Waals surface area contributed by atoms with Crippen LogP contribution < -0.4 is 10.3 Å². The summed E-state index contributed by atoms with van der Waals surface area (Å²) in [5.74, 6) is 0.575. The van der Waals surface area contributed by atoms with Crippen molar-refractivity contribution >= 4 is 15.8 Å². The Balaban J connectivity index is 2.09. The molecule has 1 atom stereocenters. The zero-order valence-corrected chi connectivity index (χ0v) is 16.8. The molecule has 146 valence electrons. The summed E-state index contributed by atoms with van der Waals surface area (Å²) in [6, 6.07) is 10.1. The normalized spacial score (nSPS) is 16.3. The van der Waals surface area contributed by atoms with Gasteiger partial charge in [-0.15, -0.1) is 0 Å². The molecule has 7 nitrogen and oxygen atoms in total. The number of fused-ring (bicyclic) bond motifs is 1. The predicted octanol–water partition coefficient (Wildman–Crippen LogP) is 2.82. The Labute approximate surface area is 163 Å². The summed E-state index contributed by atoms with van der Waals surface area (Å²) in [4.78, 5) is 12.8. The number of ether oxygens (including phenoxy) is 1. The molecule has 28 heavy (non-hydrogen) atoms. The Kier molecular flexibility index (Phi) is 4.91. The van der Waals surface area contributed by atoms with Gasteiger partial charge in [-0.05, 0) is 56.7 Å². The summed E-state index contributed by atoms with van der Waals surface area (Å²) in [6.07, 6.45) is 3.56. The summed E-state index contributed by atoms with van der Waals surface area (Å²) in [7, 11) is -3.65. The van der Waals surface area contributed by atoms with Crippen molar-refractivity contribution in [2.24, 2.45) is 0 Å². The lowest BCUT2D eigenvalue weighted by Crippen LogP contribution is -2.32. The van der Waals surface area contributed by atoms with Crippen LogP contribution in [0.2, 0.25) is 0 Å². The van der Waals surface area contributed by atoms with Crippen molar-refractivity contribution < 1.29 is 17.3 Å². The third-order valence-electron chi connectivity index (χ3n) is 4.23. The van der Waals surface area contributed by atoms with Gasteiger partial charge in [0.1, 0.15) is 11.4 Å². The summed E-state index contributed by atoms with van der Waals surface area (Å²) in [5, 5.41) is 9.20. The summed E-state index contributed by atoms with van der Waals surface area (Å²) >= 11 is 0. The first-order chi connectivity index (χ1) is 13.0. The van der Waals surface area contributed by atoms with Crippen LogP contribution in [0.4, 0.5) is 0 Å². The van der Waals surface area contributed by atoms with Gasteiger partial charge in [0.25, 0.3) is 15.7 Å². The molecule has 0 fully saturated rings. The van der Waals surface area contributed by atoms with Crippen LogP contribution in [0.5, 0.6) is 5.75 Å². The number of hydrogen-bond acceptors (Lipinski definition) is 6. The fourth-order valence-corrected chi connectivity index (χ4v) is 3.71. The lowest BCUT2D eigenvalue weighted by atomic mass is 9.97. The van der Waals surface area contributed by atoms with Crippen LogP contribution in [0, 0.1) is 11.3 Å². The smallest absolute Gasteiger partial charge is 0.264 e. The van der Waals surface area contributed by atoms with E-state index in [0.29, 0.717) is 28.1 Å². The number of aromatic nitrogens is 1. The Morgan fingerprint density at radius 3 is 2.57 bits per heavy atom. The lowest BCUT2D eigenvalue weighted by molar-refractivity contribution is 0.157. The van der Waals surface area contributed by atoms with Gasteiger partial charge >= 0.3 is 0 Å². The van der Waals surface area contributed by atoms with Gasteiger partial charge in [0, 0.05) is 17.8 Å². The molecule has 0 amide bonds. The fraction of sp³-hybridized carbons (Fsp3) is 0.300. The Morgan fingerprint density at radius 2 is 1.96 bits per heavy atom. The molecule has 1 aromatic carbocycles. The van der Waals surface area contributed by atoms with E-state index in [0.717, 1.165) is 6.26 Å². The van der Waals surface area contributed by atoms with Gasteiger partial charge in [0.2, 0.25) is 0 Å². The largest absolute Gasteiger partial charge is 0.483 e. The maximum atomic E-state index is 12.8. The molecule has 1 aliphatic heterocycles. The van der Waals surface area contributed by atoms with Gasteiger partial charge in [-0.2, -0.15) is 13.7 Å². The average molecular weight is 400 g/mol. The minimum absolute atomic E-state index is 0.348. The minimum atomic E-state index is -3.65. The van der Waals surface area contributed by atoms with Crippen molar-refractivity contribution in [3.63, 3.8) is 0 Å². The number of nitrogens with zero attached hydrogens (tertiary/aromatic N) is 2. The Hall–Kier alpha value is -2.89. The van der Waals surface area contributed by atoms with Crippen LogP contribution in [-0.4, -0.2) is 24.8 Å². The van der Waals surface area contributed by atoms with Gasteiger partial charge in [0.15, 0.2) is 0 Å². The molecule has 8 heteroatoms. The second-order valence-electron chi connectivity index (χ2n) is 7.17. The highest BCUT2D eigenvalue weighted by Gasteiger charge is 2.28. The molecule has 1 unspecified atom stereocenters. The third kappa shape index (κ3) is 4.16. The molecule has 0 saturated heterocycles. The molecular formula is C20H20N2O5S. The van der Waals surface area contributed by atoms with Crippen molar-refractivity contribution in [2.45, 2.75) is 32.5 Å². The summed E-state index contributed by atoms with van der Waals surface area (Å²) in [5.41, 5.74) is 1.13. The van der Waals surface area contributed by atoms with Crippen LogP contribution in [-0.2, 0) is 14.3 Å². The highest BCUT2D eigenvalue weighted by molar-refractivity contribution is 7.86. The summed E-state index contributed by atoms with van der Waals surface area (Å²) in [6.45, 7) is 5.30.